The monoisotopic (exact) mass is 202 g/mol. The molecule has 0 saturated heterocycles. The lowest BCUT2D eigenvalue weighted by atomic mass is 10.2. The predicted octanol–water partition coefficient (Wildman–Crippen LogP) is 1.29. The minimum absolute atomic E-state index is 0.330. The molecule has 0 radical (unpaired) electrons. The Morgan fingerprint density at radius 1 is 1.27 bits per heavy atom. The number of nitrogens with zero attached hydrogens (tertiary/aromatic N) is 2. The van der Waals surface area contributed by atoms with E-state index in [1.54, 1.807) is 0 Å². The molecule has 0 atom stereocenters. The van der Waals surface area contributed by atoms with Crippen molar-refractivity contribution in [2.45, 2.75) is 6.61 Å². The molecular weight excluding hydrogens is 192 g/mol. The first kappa shape index (κ1) is 9.45. The second-order valence-corrected chi connectivity index (χ2v) is 3.03. The average molecular weight is 202 g/mol. The van der Waals surface area contributed by atoms with E-state index in [1.165, 1.54) is 18.6 Å². The Kier molecular flexibility index (Phi) is 2.78. The van der Waals surface area contributed by atoms with Crippen molar-refractivity contribution in [2.75, 3.05) is 0 Å². The molecule has 0 aliphatic heterocycles. The zero-order valence-electron chi connectivity index (χ0n) is 8.04. The molecule has 2 rings (SSSR count). The fraction of sp³-hybridized carbons (Fsp3) is 0.0909. The number of benzene rings is 1. The third-order valence-electron chi connectivity index (χ3n) is 1.88. The van der Waals surface area contributed by atoms with Gasteiger partial charge in [0.25, 0.3) is 5.88 Å². The maximum atomic E-state index is 10.9. The average Bonchev–Trinajstić information content (AvgIpc) is 2.28. The Balaban J connectivity index is 1.99. The molecule has 0 unspecified atom stereocenters. The first-order valence-corrected chi connectivity index (χ1v) is 4.56. The second-order valence-electron chi connectivity index (χ2n) is 3.03. The first-order chi connectivity index (χ1) is 7.34. The summed E-state index contributed by atoms with van der Waals surface area (Å²) in [7, 11) is 0. The van der Waals surface area contributed by atoms with Crippen molar-refractivity contribution < 1.29 is 9.47 Å². The molecule has 0 spiro atoms. The van der Waals surface area contributed by atoms with Gasteiger partial charge in [-0.15, -0.1) is 0 Å². The van der Waals surface area contributed by atoms with E-state index in [1.807, 2.05) is 30.3 Å². The molecule has 1 aromatic carbocycles. The normalized spacial score (nSPS) is 9.87. The molecule has 0 N–H and O–H groups in total. The van der Waals surface area contributed by atoms with Crippen molar-refractivity contribution in [3.63, 3.8) is 0 Å². The number of hydrogen-bond donors (Lipinski definition) is 0. The lowest BCUT2D eigenvalue weighted by molar-refractivity contribution is -0.606. The first-order valence-electron chi connectivity index (χ1n) is 4.56. The van der Waals surface area contributed by atoms with Crippen LogP contribution in [0.4, 0.5) is 0 Å². The second kappa shape index (κ2) is 4.41. The van der Waals surface area contributed by atoms with Gasteiger partial charge < -0.3 is 9.94 Å². The van der Waals surface area contributed by atoms with Crippen LogP contribution in [-0.4, -0.2) is 4.98 Å². The van der Waals surface area contributed by atoms with Gasteiger partial charge >= 0.3 is 0 Å². The Labute approximate surface area is 87.4 Å². The van der Waals surface area contributed by atoms with Gasteiger partial charge in [0, 0.05) is 0 Å². The summed E-state index contributed by atoms with van der Waals surface area (Å²) in [4.78, 5) is 3.91. The fourth-order valence-corrected chi connectivity index (χ4v) is 1.16. The van der Waals surface area contributed by atoms with Crippen LogP contribution in [0.5, 0.6) is 5.88 Å². The zero-order chi connectivity index (χ0) is 10.5. The summed E-state index contributed by atoms with van der Waals surface area (Å²) in [6.45, 7) is 0.415. The lowest BCUT2D eigenvalue weighted by Crippen LogP contribution is -2.24. The molecule has 4 nitrogen and oxygen atoms in total. The SMILES string of the molecule is [O-][n+]1ccnc(OCc2ccccc2)c1. The van der Waals surface area contributed by atoms with Crippen LogP contribution in [0.25, 0.3) is 0 Å². The summed E-state index contributed by atoms with van der Waals surface area (Å²) < 4.78 is 6.00. The molecule has 2 aromatic rings. The molecule has 4 heteroatoms. The van der Waals surface area contributed by atoms with Crippen LogP contribution in [0.2, 0.25) is 0 Å². The van der Waals surface area contributed by atoms with E-state index >= 15 is 0 Å². The van der Waals surface area contributed by atoms with Crippen LogP contribution in [0.1, 0.15) is 5.56 Å². The highest BCUT2D eigenvalue weighted by Gasteiger charge is 1.99. The van der Waals surface area contributed by atoms with Gasteiger partial charge in [0.2, 0.25) is 6.20 Å². The van der Waals surface area contributed by atoms with E-state index in [0.717, 1.165) is 5.56 Å². The zero-order valence-corrected chi connectivity index (χ0v) is 8.04. The van der Waals surface area contributed by atoms with Crippen LogP contribution in [0.15, 0.2) is 48.9 Å². The standard InChI is InChI=1S/C11H10N2O2/c14-13-7-6-12-11(8-13)15-9-10-4-2-1-3-5-10/h1-8H,9H2. The number of hydrogen-bond acceptors (Lipinski definition) is 3. The molecule has 1 aromatic heterocycles. The maximum absolute atomic E-state index is 10.9. The van der Waals surface area contributed by atoms with E-state index in [0.29, 0.717) is 17.2 Å². The number of rotatable bonds is 3. The van der Waals surface area contributed by atoms with Crippen LogP contribution in [0.3, 0.4) is 0 Å². The van der Waals surface area contributed by atoms with Crippen molar-refractivity contribution in [3.05, 3.63) is 59.7 Å². The fourth-order valence-electron chi connectivity index (χ4n) is 1.16. The molecular formula is C11H10N2O2. The summed E-state index contributed by atoms with van der Waals surface area (Å²) >= 11 is 0. The lowest BCUT2D eigenvalue weighted by Gasteiger charge is -2.03. The minimum Gasteiger partial charge on any atom is -0.619 e. The van der Waals surface area contributed by atoms with E-state index in [9.17, 15) is 5.21 Å². The van der Waals surface area contributed by atoms with Gasteiger partial charge in [-0.1, -0.05) is 30.3 Å². The summed E-state index contributed by atoms with van der Waals surface area (Å²) in [6.07, 6.45) is 4.02. The van der Waals surface area contributed by atoms with E-state index in [2.05, 4.69) is 4.98 Å². The summed E-state index contributed by atoms with van der Waals surface area (Å²) in [5.41, 5.74) is 1.04. The third kappa shape index (κ3) is 2.67. The van der Waals surface area contributed by atoms with Crippen molar-refractivity contribution in [3.8, 4) is 5.88 Å². The highest BCUT2D eigenvalue weighted by atomic mass is 16.5. The van der Waals surface area contributed by atoms with Crippen molar-refractivity contribution >= 4 is 0 Å². The van der Waals surface area contributed by atoms with Gasteiger partial charge in [0.05, 0.1) is 6.20 Å². The number of ether oxygens (including phenoxy) is 1. The Morgan fingerprint density at radius 3 is 2.80 bits per heavy atom. The smallest absolute Gasteiger partial charge is 0.281 e. The van der Waals surface area contributed by atoms with E-state index in [-0.39, 0.29) is 0 Å². The Hall–Kier alpha value is -2.10. The molecule has 0 aliphatic carbocycles. The summed E-state index contributed by atoms with van der Waals surface area (Å²) in [6, 6.07) is 9.72. The molecule has 0 aliphatic rings. The predicted molar refractivity (Wildman–Crippen MR) is 54.0 cm³/mol. The maximum Gasteiger partial charge on any atom is 0.281 e. The number of aromatic nitrogens is 2. The van der Waals surface area contributed by atoms with Crippen LogP contribution >= 0.6 is 0 Å². The topological polar surface area (TPSA) is 49.1 Å². The van der Waals surface area contributed by atoms with Crippen LogP contribution in [0, 0.1) is 5.21 Å². The van der Waals surface area contributed by atoms with Crippen molar-refractivity contribution in [1.29, 1.82) is 0 Å². The molecule has 76 valence electrons. The van der Waals surface area contributed by atoms with E-state index < -0.39 is 0 Å². The molecule has 0 bridgehead atoms. The van der Waals surface area contributed by atoms with Gasteiger partial charge in [-0.25, -0.2) is 4.98 Å². The quantitative estimate of drug-likeness (QED) is 0.556. The van der Waals surface area contributed by atoms with Crippen LogP contribution in [-0.2, 0) is 6.61 Å². The summed E-state index contributed by atoms with van der Waals surface area (Å²) in [5.74, 6) is 0.330. The molecule has 0 saturated carbocycles. The Morgan fingerprint density at radius 2 is 2.07 bits per heavy atom. The largest absolute Gasteiger partial charge is 0.619 e. The van der Waals surface area contributed by atoms with Gasteiger partial charge in [-0.3, -0.25) is 0 Å². The highest BCUT2D eigenvalue weighted by molar-refractivity contribution is 5.14. The molecule has 15 heavy (non-hydrogen) atoms. The van der Waals surface area contributed by atoms with Gasteiger partial charge in [-0.05, 0) is 5.56 Å². The molecule has 0 fully saturated rings. The van der Waals surface area contributed by atoms with Crippen molar-refractivity contribution in [2.24, 2.45) is 0 Å². The summed E-state index contributed by atoms with van der Waals surface area (Å²) in [5, 5.41) is 10.9. The molecule has 1 heterocycles. The highest BCUT2D eigenvalue weighted by Crippen LogP contribution is 2.05. The van der Waals surface area contributed by atoms with Gasteiger partial charge in [-0.2, -0.15) is 4.73 Å². The van der Waals surface area contributed by atoms with Gasteiger partial charge in [0.1, 0.15) is 6.61 Å². The minimum atomic E-state index is 0.330. The molecule has 0 amide bonds. The third-order valence-corrected chi connectivity index (χ3v) is 1.88. The van der Waals surface area contributed by atoms with E-state index in [4.69, 9.17) is 4.74 Å². The van der Waals surface area contributed by atoms with Crippen LogP contribution < -0.4 is 9.47 Å². The van der Waals surface area contributed by atoms with Crippen molar-refractivity contribution in [1.82, 2.24) is 4.98 Å². The Bertz CT molecular complexity index is 432. The van der Waals surface area contributed by atoms with Gasteiger partial charge in [0.15, 0.2) is 6.20 Å².